The Kier molecular flexibility index (Phi) is 6.04. The van der Waals surface area contributed by atoms with Crippen LogP contribution in [-0.4, -0.2) is 24.5 Å². The van der Waals surface area contributed by atoms with E-state index < -0.39 is 0 Å². The second-order valence-corrected chi connectivity index (χ2v) is 4.54. The van der Waals surface area contributed by atoms with Crippen LogP contribution in [0.5, 0.6) is 0 Å². The molecule has 0 saturated heterocycles. The Morgan fingerprint density at radius 1 is 1.25 bits per heavy atom. The maximum Gasteiger partial charge on any atom is 0.319 e. The number of urea groups is 1. The van der Waals surface area contributed by atoms with Crippen molar-refractivity contribution in [3.05, 3.63) is 29.8 Å². The van der Waals surface area contributed by atoms with Crippen LogP contribution in [0.25, 0.3) is 0 Å². The van der Waals surface area contributed by atoms with Crippen LogP contribution >= 0.6 is 0 Å². The average Bonchev–Trinajstić information content (AvgIpc) is 2.38. The molecule has 6 nitrogen and oxygen atoms in total. The summed E-state index contributed by atoms with van der Waals surface area (Å²) >= 11 is 0. The zero-order valence-electron chi connectivity index (χ0n) is 11.6. The lowest BCUT2D eigenvalue weighted by atomic mass is 10.2. The number of nitriles is 1. The number of amides is 3. The van der Waals surface area contributed by atoms with E-state index in [1.54, 1.807) is 24.3 Å². The first-order valence-electron chi connectivity index (χ1n) is 6.35. The Labute approximate surface area is 118 Å². The van der Waals surface area contributed by atoms with Gasteiger partial charge in [-0.2, -0.15) is 5.26 Å². The zero-order valence-corrected chi connectivity index (χ0v) is 11.6. The molecule has 0 atom stereocenters. The van der Waals surface area contributed by atoms with Crippen LogP contribution in [0.3, 0.4) is 0 Å². The molecule has 106 valence electrons. The van der Waals surface area contributed by atoms with Crippen LogP contribution in [0.15, 0.2) is 24.3 Å². The van der Waals surface area contributed by atoms with Gasteiger partial charge in [0, 0.05) is 24.7 Å². The highest BCUT2D eigenvalue weighted by atomic mass is 16.2. The van der Waals surface area contributed by atoms with Gasteiger partial charge in [0.2, 0.25) is 5.91 Å². The van der Waals surface area contributed by atoms with Crippen molar-refractivity contribution in [1.82, 2.24) is 10.6 Å². The quantitative estimate of drug-likeness (QED) is 0.761. The minimum atomic E-state index is -0.382. The summed E-state index contributed by atoms with van der Waals surface area (Å²) in [5.74, 6) is -0.0985. The van der Waals surface area contributed by atoms with Gasteiger partial charge in [-0.3, -0.25) is 4.79 Å². The molecule has 3 amide bonds. The Hall–Kier alpha value is -2.55. The third-order valence-electron chi connectivity index (χ3n) is 2.36. The van der Waals surface area contributed by atoms with E-state index in [-0.39, 0.29) is 30.9 Å². The SMILES string of the molecule is CC(C)NC(=O)CCNC(=O)Nc1ccc(C#N)cc1. The molecule has 0 saturated carbocycles. The molecule has 6 heteroatoms. The van der Waals surface area contributed by atoms with Gasteiger partial charge in [0.15, 0.2) is 0 Å². The smallest absolute Gasteiger partial charge is 0.319 e. The molecule has 1 rings (SSSR count). The lowest BCUT2D eigenvalue weighted by molar-refractivity contribution is -0.121. The fourth-order valence-electron chi connectivity index (χ4n) is 1.49. The Morgan fingerprint density at radius 2 is 1.90 bits per heavy atom. The second-order valence-electron chi connectivity index (χ2n) is 4.54. The van der Waals surface area contributed by atoms with Crippen LogP contribution in [0.4, 0.5) is 10.5 Å². The summed E-state index contributed by atoms with van der Waals surface area (Å²) in [4.78, 5) is 22.9. The predicted octanol–water partition coefficient (Wildman–Crippen LogP) is 1.59. The number of carbonyl (C=O) groups excluding carboxylic acids is 2. The van der Waals surface area contributed by atoms with Crippen LogP contribution < -0.4 is 16.0 Å². The summed E-state index contributed by atoms with van der Waals surface area (Å²) in [6, 6.07) is 8.23. The summed E-state index contributed by atoms with van der Waals surface area (Å²) in [7, 11) is 0. The number of rotatable bonds is 5. The number of nitrogens with zero attached hydrogens (tertiary/aromatic N) is 1. The number of carbonyl (C=O) groups is 2. The Balaban J connectivity index is 2.29. The highest BCUT2D eigenvalue weighted by molar-refractivity contribution is 5.89. The fraction of sp³-hybridized carbons (Fsp3) is 0.357. The highest BCUT2D eigenvalue weighted by Gasteiger charge is 2.05. The van der Waals surface area contributed by atoms with Gasteiger partial charge in [-0.05, 0) is 38.1 Å². The van der Waals surface area contributed by atoms with E-state index in [0.29, 0.717) is 11.3 Å². The minimum absolute atomic E-state index is 0.0926. The van der Waals surface area contributed by atoms with Crippen molar-refractivity contribution in [2.24, 2.45) is 0 Å². The molecule has 0 heterocycles. The molecule has 0 fully saturated rings. The third kappa shape index (κ3) is 5.87. The topological polar surface area (TPSA) is 94.0 Å². The minimum Gasteiger partial charge on any atom is -0.354 e. The molecule has 0 unspecified atom stereocenters. The fourth-order valence-corrected chi connectivity index (χ4v) is 1.49. The van der Waals surface area contributed by atoms with Crippen molar-refractivity contribution < 1.29 is 9.59 Å². The first-order valence-corrected chi connectivity index (χ1v) is 6.35. The number of hydrogen-bond acceptors (Lipinski definition) is 3. The van der Waals surface area contributed by atoms with Gasteiger partial charge in [0.25, 0.3) is 0 Å². The molecule has 20 heavy (non-hydrogen) atoms. The number of anilines is 1. The largest absolute Gasteiger partial charge is 0.354 e. The molecule has 0 radical (unpaired) electrons. The van der Waals surface area contributed by atoms with Gasteiger partial charge in [0.1, 0.15) is 0 Å². The lowest BCUT2D eigenvalue weighted by Crippen LogP contribution is -2.35. The zero-order chi connectivity index (χ0) is 15.0. The molecule has 0 aliphatic heterocycles. The van der Waals surface area contributed by atoms with E-state index in [9.17, 15) is 9.59 Å². The van der Waals surface area contributed by atoms with Crippen molar-refractivity contribution in [2.45, 2.75) is 26.3 Å². The summed E-state index contributed by atoms with van der Waals surface area (Å²) in [5.41, 5.74) is 1.12. The van der Waals surface area contributed by atoms with E-state index in [1.807, 2.05) is 19.9 Å². The van der Waals surface area contributed by atoms with E-state index >= 15 is 0 Å². The molecule has 3 N–H and O–H groups in total. The highest BCUT2D eigenvalue weighted by Crippen LogP contribution is 2.08. The van der Waals surface area contributed by atoms with Crippen LogP contribution in [0.1, 0.15) is 25.8 Å². The summed E-state index contributed by atoms with van der Waals surface area (Å²) < 4.78 is 0. The predicted molar refractivity (Wildman–Crippen MR) is 76.1 cm³/mol. The van der Waals surface area contributed by atoms with E-state index in [4.69, 9.17) is 5.26 Å². The van der Waals surface area contributed by atoms with Gasteiger partial charge >= 0.3 is 6.03 Å². The summed E-state index contributed by atoms with van der Waals surface area (Å²) in [6.07, 6.45) is 0.235. The van der Waals surface area contributed by atoms with Gasteiger partial charge < -0.3 is 16.0 Å². The number of benzene rings is 1. The van der Waals surface area contributed by atoms with Gasteiger partial charge in [0.05, 0.1) is 11.6 Å². The molecule has 0 spiro atoms. The molecule has 1 aromatic carbocycles. The first-order chi connectivity index (χ1) is 9.51. The average molecular weight is 274 g/mol. The van der Waals surface area contributed by atoms with Crippen molar-refractivity contribution in [1.29, 1.82) is 5.26 Å². The molecular formula is C14H18N4O2. The molecule has 0 bridgehead atoms. The van der Waals surface area contributed by atoms with Crippen LogP contribution in [0, 0.1) is 11.3 Å². The summed E-state index contributed by atoms with van der Waals surface area (Å²) in [5, 5.41) is 16.6. The van der Waals surface area contributed by atoms with E-state index in [1.165, 1.54) is 0 Å². The summed E-state index contributed by atoms with van der Waals surface area (Å²) in [6.45, 7) is 4.02. The van der Waals surface area contributed by atoms with Crippen LogP contribution in [-0.2, 0) is 4.79 Å². The monoisotopic (exact) mass is 274 g/mol. The van der Waals surface area contributed by atoms with E-state index in [2.05, 4.69) is 16.0 Å². The first kappa shape index (κ1) is 15.5. The van der Waals surface area contributed by atoms with Crippen molar-refractivity contribution in [3.8, 4) is 6.07 Å². The van der Waals surface area contributed by atoms with Crippen molar-refractivity contribution in [3.63, 3.8) is 0 Å². The van der Waals surface area contributed by atoms with E-state index in [0.717, 1.165) is 0 Å². The number of nitrogens with one attached hydrogen (secondary N) is 3. The second kappa shape index (κ2) is 7.79. The maximum absolute atomic E-state index is 11.6. The van der Waals surface area contributed by atoms with Gasteiger partial charge in [-0.15, -0.1) is 0 Å². The van der Waals surface area contributed by atoms with Gasteiger partial charge in [-0.25, -0.2) is 4.79 Å². The van der Waals surface area contributed by atoms with Crippen molar-refractivity contribution in [2.75, 3.05) is 11.9 Å². The lowest BCUT2D eigenvalue weighted by Gasteiger charge is -2.09. The Bertz CT molecular complexity index is 503. The van der Waals surface area contributed by atoms with Crippen molar-refractivity contribution >= 4 is 17.6 Å². The molecule has 0 aromatic heterocycles. The molecule has 0 aliphatic rings. The third-order valence-corrected chi connectivity index (χ3v) is 2.36. The Morgan fingerprint density at radius 3 is 2.45 bits per heavy atom. The molecule has 1 aromatic rings. The molecular weight excluding hydrogens is 256 g/mol. The normalized spacial score (nSPS) is 9.70. The maximum atomic E-state index is 11.6. The molecule has 0 aliphatic carbocycles. The number of hydrogen-bond donors (Lipinski definition) is 3. The van der Waals surface area contributed by atoms with Crippen LogP contribution in [0.2, 0.25) is 0 Å². The standard InChI is InChI=1S/C14H18N4O2/c1-10(2)17-13(19)7-8-16-14(20)18-12-5-3-11(9-15)4-6-12/h3-6,10H,7-8H2,1-2H3,(H,17,19)(H2,16,18,20). The van der Waals surface area contributed by atoms with Gasteiger partial charge in [-0.1, -0.05) is 0 Å².